The van der Waals surface area contributed by atoms with E-state index in [-0.39, 0.29) is 5.02 Å². The van der Waals surface area contributed by atoms with Gasteiger partial charge in [-0.15, -0.1) is 0 Å². The van der Waals surface area contributed by atoms with Gasteiger partial charge in [-0.1, -0.05) is 48.0 Å². The Morgan fingerprint density at radius 2 is 1.56 bits per heavy atom. The standard InChI is InChI=1S/C27H28ClF3N2O3/c1-34-23-15-20(16-24(35-2)26(23)36-17-18-6-4-3-5-7-18)25(33-12-10-32-11-13-33)19-8-9-22(28)21(14-19)27(29,30)31/h3-9,14-16,25,32H,10-13,17H2,1-2H3. The topological polar surface area (TPSA) is 43.0 Å². The number of hydrogen-bond acceptors (Lipinski definition) is 5. The van der Waals surface area contributed by atoms with Crippen molar-refractivity contribution in [3.05, 3.63) is 87.9 Å². The molecule has 1 aliphatic heterocycles. The molecular weight excluding hydrogens is 493 g/mol. The first kappa shape index (κ1) is 26.1. The molecule has 1 atom stereocenters. The van der Waals surface area contributed by atoms with Crippen molar-refractivity contribution < 1.29 is 27.4 Å². The van der Waals surface area contributed by atoms with Crippen LogP contribution in [0.1, 0.15) is 28.3 Å². The summed E-state index contributed by atoms with van der Waals surface area (Å²) in [5.41, 5.74) is 1.33. The maximum absolute atomic E-state index is 13.7. The fraction of sp³-hybridized carbons (Fsp3) is 0.333. The van der Waals surface area contributed by atoms with E-state index in [0.29, 0.717) is 42.5 Å². The molecule has 0 spiro atoms. The molecule has 1 unspecified atom stereocenters. The molecule has 5 nitrogen and oxygen atoms in total. The van der Waals surface area contributed by atoms with Crippen LogP contribution in [0.5, 0.6) is 17.2 Å². The molecule has 0 aliphatic carbocycles. The minimum atomic E-state index is -4.56. The molecule has 0 saturated carbocycles. The third-order valence-corrected chi connectivity index (χ3v) is 6.48. The van der Waals surface area contributed by atoms with E-state index in [0.717, 1.165) is 30.3 Å². The van der Waals surface area contributed by atoms with Gasteiger partial charge in [0.1, 0.15) is 6.61 Å². The van der Waals surface area contributed by atoms with Gasteiger partial charge >= 0.3 is 6.18 Å². The van der Waals surface area contributed by atoms with Crippen LogP contribution in [0.3, 0.4) is 0 Å². The molecule has 0 radical (unpaired) electrons. The Hall–Kier alpha value is -2.94. The fourth-order valence-corrected chi connectivity index (χ4v) is 4.64. The van der Waals surface area contributed by atoms with Crippen molar-refractivity contribution >= 4 is 11.6 Å². The number of rotatable bonds is 8. The lowest BCUT2D eigenvalue weighted by molar-refractivity contribution is -0.137. The molecule has 1 fully saturated rings. The minimum absolute atomic E-state index is 0.306. The highest BCUT2D eigenvalue weighted by Gasteiger charge is 2.35. The molecule has 1 heterocycles. The Bertz CT molecular complexity index is 1140. The van der Waals surface area contributed by atoms with E-state index in [1.54, 1.807) is 18.2 Å². The van der Waals surface area contributed by atoms with Gasteiger partial charge in [-0.25, -0.2) is 0 Å². The summed E-state index contributed by atoms with van der Waals surface area (Å²) < 4.78 is 58.4. The predicted molar refractivity (Wildman–Crippen MR) is 133 cm³/mol. The third-order valence-electron chi connectivity index (χ3n) is 6.15. The SMILES string of the molecule is COc1cc(C(c2ccc(Cl)c(C(F)(F)F)c2)N2CCNCC2)cc(OC)c1OCc1ccccc1. The molecular formula is C27H28ClF3N2O3. The zero-order valence-electron chi connectivity index (χ0n) is 20.1. The largest absolute Gasteiger partial charge is 0.493 e. The Labute approximate surface area is 213 Å². The molecule has 0 aromatic heterocycles. The average Bonchev–Trinajstić information content (AvgIpc) is 2.89. The third kappa shape index (κ3) is 5.88. The number of nitrogens with one attached hydrogen (secondary N) is 1. The van der Waals surface area contributed by atoms with Gasteiger partial charge < -0.3 is 19.5 Å². The van der Waals surface area contributed by atoms with Crippen molar-refractivity contribution in [2.24, 2.45) is 0 Å². The summed E-state index contributed by atoms with van der Waals surface area (Å²) in [6.45, 7) is 3.07. The highest BCUT2D eigenvalue weighted by Crippen LogP contribution is 2.44. The van der Waals surface area contributed by atoms with Gasteiger partial charge in [0.15, 0.2) is 11.5 Å². The second kappa shape index (κ2) is 11.4. The van der Waals surface area contributed by atoms with Crippen LogP contribution in [-0.4, -0.2) is 45.3 Å². The second-order valence-electron chi connectivity index (χ2n) is 8.45. The molecule has 36 heavy (non-hydrogen) atoms. The van der Waals surface area contributed by atoms with Crippen LogP contribution in [0.25, 0.3) is 0 Å². The van der Waals surface area contributed by atoms with Crippen molar-refractivity contribution in [3.63, 3.8) is 0 Å². The zero-order valence-corrected chi connectivity index (χ0v) is 20.8. The van der Waals surface area contributed by atoms with E-state index >= 15 is 0 Å². The van der Waals surface area contributed by atoms with Gasteiger partial charge in [-0.3, -0.25) is 4.90 Å². The first-order chi connectivity index (χ1) is 17.3. The van der Waals surface area contributed by atoms with E-state index in [1.807, 2.05) is 30.3 Å². The van der Waals surface area contributed by atoms with Crippen molar-refractivity contribution in [3.8, 4) is 17.2 Å². The molecule has 3 aromatic carbocycles. The van der Waals surface area contributed by atoms with Crippen molar-refractivity contribution in [2.75, 3.05) is 40.4 Å². The van der Waals surface area contributed by atoms with Crippen LogP contribution in [0.4, 0.5) is 13.2 Å². The number of nitrogens with zero attached hydrogens (tertiary/aromatic N) is 1. The zero-order chi connectivity index (χ0) is 25.7. The maximum Gasteiger partial charge on any atom is 0.417 e. The maximum atomic E-state index is 13.7. The normalized spacial score (nSPS) is 15.4. The van der Waals surface area contributed by atoms with Crippen LogP contribution in [0, 0.1) is 0 Å². The monoisotopic (exact) mass is 520 g/mol. The van der Waals surface area contributed by atoms with Crippen molar-refractivity contribution in [1.29, 1.82) is 0 Å². The van der Waals surface area contributed by atoms with Crippen molar-refractivity contribution in [1.82, 2.24) is 10.2 Å². The van der Waals surface area contributed by atoms with Crippen LogP contribution in [0.2, 0.25) is 5.02 Å². The van der Waals surface area contributed by atoms with E-state index in [2.05, 4.69) is 10.2 Å². The van der Waals surface area contributed by atoms with E-state index in [4.69, 9.17) is 25.8 Å². The number of hydrogen-bond donors (Lipinski definition) is 1. The van der Waals surface area contributed by atoms with Gasteiger partial charge in [-0.2, -0.15) is 13.2 Å². The first-order valence-corrected chi connectivity index (χ1v) is 11.9. The van der Waals surface area contributed by atoms with Crippen LogP contribution in [-0.2, 0) is 12.8 Å². The van der Waals surface area contributed by atoms with Crippen LogP contribution < -0.4 is 19.5 Å². The Morgan fingerprint density at radius 1 is 0.917 bits per heavy atom. The molecule has 1 aliphatic rings. The van der Waals surface area contributed by atoms with Crippen LogP contribution >= 0.6 is 11.6 Å². The van der Waals surface area contributed by atoms with E-state index in [9.17, 15) is 13.2 Å². The molecule has 0 amide bonds. The summed E-state index contributed by atoms with van der Waals surface area (Å²) in [7, 11) is 3.05. The summed E-state index contributed by atoms with van der Waals surface area (Å²) in [4.78, 5) is 2.14. The van der Waals surface area contributed by atoms with E-state index in [1.165, 1.54) is 20.3 Å². The molecule has 192 valence electrons. The highest BCUT2D eigenvalue weighted by molar-refractivity contribution is 6.31. The summed E-state index contributed by atoms with van der Waals surface area (Å²) in [6.07, 6.45) is -4.56. The predicted octanol–water partition coefficient (Wildman–Crippen LogP) is 5.95. The average molecular weight is 521 g/mol. The smallest absolute Gasteiger partial charge is 0.417 e. The van der Waals surface area contributed by atoms with Gasteiger partial charge in [-0.05, 0) is 41.0 Å². The Kier molecular flexibility index (Phi) is 8.28. The minimum Gasteiger partial charge on any atom is -0.493 e. The number of methoxy groups -OCH3 is 2. The number of halogens is 4. The molecule has 1 N–H and O–H groups in total. The van der Waals surface area contributed by atoms with Crippen LogP contribution in [0.15, 0.2) is 60.7 Å². The summed E-state index contributed by atoms with van der Waals surface area (Å²) in [6, 6.07) is 16.9. The quantitative estimate of drug-likeness (QED) is 0.397. The number of alkyl halides is 3. The Morgan fingerprint density at radius 3 is 2.14 bits per heavy atom. The van der Waals surface area contributed by atoms with Gasteiger partial charge in [0.05, 0.1) is 30.8 Å². The molecule has 1 saturated heterocycles. The lowest BCUT2D eigenvalue weighted by Crippen LogP contribution is -2.45. The number of benzene rings is 3. The summed E-state index contributed by atoms with van der Waals surface area (Å²) >= 11 is 5.92. The molecule has 3 aromatic rings. The molecule has 9 heteroatoms. The fourth-order valence-electron chi connectivity index (χ4n) is 4.41. The van der Waals surface area contributed by atoms with Crippen molar-refractivity contribution in [2.45, 2.75) is 18.8 Å². The highest BCUT2D eigenvalue weighted by atomic mass is 35.5. The molecule has 0 bridgehead atoms. The van der Waals surface area contributed by atoms with Gasteiger partial charge in [0.2, 0.25) is 5.75 Å². The lowest BCUT2D eigenvalue weighted by Gasteiger charge is -2.36. The first-order valence-electron chi connectivity index (χ1n) is 11.6. The number of ether oxygens (including phenoxy) is 3. The van der Waals surface area contributed by atoms with Gasteiger partial charge in [0, 0.05) is 26.2 Å². The van der Waals surface area contributed by atoms with Gasteiger partial charge in [0.25, 0.3) is 0 Å². The molecule has 4 rings (SSSR count). The van der Waals surface area contributed by atoms with E-state index < -0.39 is 17.8 Å². The Balaban J connectivity index is 1.78. The lowest BCUT2D eigenvalue weighted by atomic mass is 9.94. The summed E-state index contributed by atoms with van der Waals surface area (Å²) in [5, 5.41) is 2.96. The number of piperazine rings is 1. The second-order valence-corrected chi connectivity index (χ2v) is 8.86. The summed E-state index contributed by atoms with van der Waals surface area (Å²) in [5.74, 6) is 1.30.